The standard InChI is InChI=1S/C28H20Cl2O6S2/c29-25-15-9-21(17-27(25)37(31,32)33)3-1-19-5-11-23(12-6-19)24-13-7-20(8-14-24)2-4-22-10-16-26(30)28(18-22)38(34,35)36/h1-18H,(H,31,32,33)(H,34,35,36)/p-2/b3-1+,4-2+. The molecule has 0 radical (unpaired) electrons. The van der Waals surface area contributed by atoms with E-state index in [0.717, 1.165) is 22.3 Å². The zero-order chi connectivity index (χ0) is 27.5. The Morgan fingerprint density at radius 1 is 0.474 bits per heavy atom. The zero-order valence-corrected chi connectivity index (χ0v) is 22.6. The maximum Gasteiger partial charge on any atom is 0.125 e. The summed E-state index contributed by atoms with van der Waals surface area (Å²) >= 11 is 11.6. The first-order chi connectivity index (χ1) is 17.9. The van der Waals surface area contributed by atoms with Crippen LogP contribution >= 0.6 is 23.2 Å². The SMILES string of the molecule is O=S(=O)([O-])c1cc(/C=C/c2ccc(-c3ccc(/C=C/c4ccc(Cl)c(S(=O)(=O)[O-])c4)cc3)cc2)ccc1Cl. The summed E-state index contributed by atoms with van der Waals surface area (Å²) in [5.41, 5.74) is 4.76. The fourth-order valence-electron chi connectivity index (χ4n) is 3.59. The summed E-state index contributed by atoms with van der Waals surface area (Å²) < 4.78 is 68.0. The van der Waals surface area contributed by atoms with Gasteiger partial charge in [-0.25, -0.2) is 16.8 Å². The lowest BCUT2D eigenvalue weighted by Crippen LogP contribution is -1.99. The highest BCUT2D eigenvalue weighted by atomic mass is 35.5. The molecule has 10 heteroatoms. The Hall–Kier alpha value is -3.24. The molecule has 0 aliphatic rings. The monoisotopic (exact) mass is 584 g/mol. The number of hydrogen-bond acceptors (Lipinski definition) is 6. The van der Waals surface area contributed by atoms with Crippen molar-refractivity contribution >= 4 is 67.7 Å². The highest BCUT2D eigenvalue weighted by Gasteiger charge is 2.08. The maximum atomic E-state index is 11.3. The minimum Gasteiger partial charge on any atom is -0.744 e. The van der Waals surface area contributed by atoms with E-state index >= 15 is 0 Å². The van der Waals surface area contributed by atoms with Gasteiger partial charge in [0.05, 0.1) is 19.8 Å². The maximum absolute atomic E-state index is 11.3. The first-order valence-electron chi connectivity index (χ1n) is 11.0. The molecule has 0 bridgehead atoms. The summed E-state index contributed by atoms with van der Waals surface area (Å²) in [5.74, 6) is 0. The number of rotatable bonds is 7. The van der Waals surface area contributed by atoms with Crippen LogP contribution in [0.5, 0.6) is 0 Å². The fraction of sp³-hybridized carbons (Fsp3) is 0. The summed E-state index contributed by atoms with van der Waals surface area (Å²) in [4.78, 5) is -0.911. The van der Waals surface area contributed by atoms with E-state index in [1.807, 2.05) is 48.5 Å². The van der Waals surface area contributed by atoms with Crippen molar-refractivity contribution in [3.05, 3.63) is 117 Å². The third-order valence-electron chi connectivity index (χ3n) is 5.54. The normalized spacial score (nSPS) is 12.4. The molecule has 194 valence electrons. The average molecular weight is 585 g/mol. The molecule has 0 atom stereocenters. The van der Waals surface area contributed by atoms with Crippen LogP contribution in [0.3, 0.4) is 0 Å². The van der Waals surface area contributed by atoms with E-state index in [1.54, 1.807) is 36.4 Å². The molecule has 0 fully saturated rings. The molecular formula is C28H18Cl2O6S2-2. The van der Waals surface area contributed by atoms with Gasteiger partial charge < -0.3 is 9.11 Å². The van der Waals surface area contributed by atoms with Gasteiger partial charge >= 0.3 is 0 Å². The summed E-state index contributed by atoms with van der Waals surface area (Å²) in [6.45, 7) is 0. The van der Waals surface area contributed by atoms with Gasteiger partial charge in [0.15, 0.2) is 0 Å². The van der Waals surface area contributed by atoms with Gasteiger partial charge in [-0.05, 0) is 57.6 Å². The van der Waals surface area contributed by atoms with Crippen molar-refractivity contribution in [3.63, 3.8) is 0 Å². The molecule has 6 nitrogen and oxygen atoms in total. The lowest BCUT2D eigenvalue weighted by atomic mass is 10.0. The molecule has 0 spiro atoms. The number of benzene rings is 4. The Morgan fingerprint density at radius 2 is 0.763 bits per heavy atom. The van der Waals surface area contributed by atoms with Gasteiger partial charge in [0, 0.05) is 0 Å². The Kier molecular flexibility index (Phi) is 8.22. The van der Waals surface area contributed by atoms with Crippen molar-refractivity contribution in [2.24, 2.45) is 0 Å². The summed E-state index contributed by atoms with van der Waals surface area (Å²) in [5, 5.41) is -0.228. The molecule has 4 aromatic carbocycles. The fourth-order valence-corrected chi connectivity index (χ4v) is 5.57. The minimum atomic E-state index is -4.66. The predicted octanol–water partition coefficient (Wildman–Crippen LogP) is 6.81. The van der Waals surface area contributed by atoms with Gasteiger partial charge in [-0.3, -0.25) is 0 Å². The molecule has 4 aromatic rings. The first kappa shape index (κ1) is 27.8. The van der Waals surface area contributed by atoms with E-state index in [9.17, 15) is 25.9 Å². The molecule has 4 rings (SSSR count). The lowest BCUT2D eigenvalue weighted by Gasteiger charge is -2.09. The van der Waals surface area contributed by atoms with E-state index < -0.39 is 30.0 Å². The minimum absolute atomic E-state index is 0.114. The molecule has 0 heterocycles. The van der Waals surface area contributed by atoms with Gasteiger partial charge in [0.1, 0.15) is 20.2 Å². The predicted molar refractivity (Wildman–Crippen MR) is 149 cm³/mol. The van der Waals surface area contributed by atoms with Crippen LogP contribution in [0.15, 0.2) is 94.7 Å². The Bertz CT molecular complexity index is 1630. The van der Waals surface area contributed by atoms with Crippen LogP contribution in [0.1, 0.15) is 22.3 Å². The molecule has 0 amide bonds. The van der Waals surface area contributed by atoms with E-state index in [2.05, 4.69) is 0 Å². The molecule has 0 saturated carbocycles. The smallest absolute Gasteiger partial charge is 0.125 e. The summed E-state index contributed by atoms with van der Waals surface area (Å²) in [6, 6.07) is 23.9. The Morgan fingerprint density at radius 3 is 1.08 bits per heavy atom. The van der Waals surface area contributed by atoms with Gasteiger partial charge in [0.2, 0.25) is 0 Å². The third kappa shape index (κ3) is 6.99. The molecule has 0 aromatic heterocycles. The molecular weight excluding hydrogens is 567 g/mol. The quantitative estimate of drug-likeness (QED) is 0.174. The van der Waals surface area contributed by atoms with Crippen LogP contribution in [0, 0.1) is 0 Å². The second-order valence-corrected chi connectivity index (χ2v) is 11.7. The largest absolute Gasteiger partial charge is 0.744 e. The van der Waals surface area contributed by atoms with Crippen LogP contribution in [-0.4, -0.2) is 25.9 Å². The highest BCUT2D eigenvalue weighted by molar-refractivity contribution is 7.86. The summed E-state index contributed by atoms with van der Waals surface area (Å²) in [7, 11) is -9.33. The van der Waals surface area contributed by atoms with Crippen LogP contribution in [0.25, 0.3) is 35.4 Å². The van der Waals surface area contributed by atoms with Crippen molar-refractivity contribution in [1.82, 2.24) is 0 Å². The second kappa shape index (κ2) is 11.2. The van der Waals surface area contributed by atoms with Gasteiger partial charge in [-0.1, -0.05) is 108 Å². The number of halogens is 2. The second-order valence-electron chi connectivity index (χ2n) is 8.20. The van der Waals surface area contributed by atoms with Gasteiger partial charge in [-0.2, -0.15) is 0 Å². The van der Waals surface area contributed by atoms with Crippen LogP contribution < -0.4 is 0 Å². The summed E-state index contributed by atoms with van der Waals surface area (Å²) in [6.07, 6.45) is 6.97. The van der Waals surface area contributed by atoms with Crippen molar-refractivity contribution in [1.29, 1.82) is 0 Å². The van der Waals surface area contributed by atoms with E-state index in [-0.39, 0.29) is 10.0 Å². The van der Waals surface area contributed by atoms with Crippen molar-refractivity contribution < 1.29 is 25.9 Å². The van der Waals surface area contributed by atoms with Gasteiger partial charge in [-0.15, -0.1) is 0 Å². The average Bonchev–Trinajstić information content (AvgIpc) is 2.87. The van der Waals surface area contributed by atoms with Crippen molar-refractivity contribution in [2.75, 3.05) is 0 Å². The lowest BCUT2D eigenvalue weighted by molar-refractivity contribution is 0.461. The first-order valence-corrected chi connectivity index (χ1v) is 14.5. The molecule has 38 heavy (non-hydrogen) atoms. The van der Waals surface area contributed by atoms with Crippen LogP contribution in [0.4, 0.5) is 0 Å². The Labute approximate surface area is 231 Å². The highest BCUT2D eigenvalue weighted by Crippen LogP contribution is 2.26. The van der Waals surface area contributed by atoms with Crippen LogP contribution in [0.2, 0.25) is 10.0 Å². The molecule has 0 saturated heterocycles. The molecule has 0 N–H and O–H groups in total. The zero-order valence-electron chi connectivity index (χ0n) is 19.4. The molecule has 0 aliphatic heterocycles. The van der Waals surface area contributed by atoms with Crippen LogP contribution in [-0.2, 0) is 20.2 Å². The van der Waals surface area contributed by atoms with Crippen molar-refractivity contribution in [2.45, 2.75) is 9.79 Å². The molecule has 0 unspecified atom stereocenters. The number of hydrogen-bond donors (Lipinski definition) is 0. The van der Waals surface area contributed by atoms with Crippen molar-refractivity contribution in [3.8, 4) is 11.1 Å². The van der Waals surface area contributed by atoms with E-state index in [1.165, 1.54) is 24.3 Å². The third-order valence-corrected chi connectivity index (χ3v) is 8.18. The van der Waals surface area contributed by atoms with E-state index in [0.29, 0.717) is 11.1 Å². The van der Waals surface area contributed by atoms with E-state index in [4.69, 9.17) is 23.2 Å². The molecule has 0 aliphatic carbocycles. The topological polar surface area (TPSA) is 114 Å². The van der Waals surface area contributed by atoms with Gasteiger partial charge in [0.25, 0.3) is 0 Å². The Balaban J connectivity index is 1.46.